The van der Waals surface area contributed by atoms with Gasteiger partial charge in [0.25, 0.3) is 0 Å². The Balaban J connectivity index is 3.32. The molecule has 0 nitrogen and oxygen atoms in total. The first-order chi connectivity index (χ1) is 4.91. The summed E-state index contributed by atoms with van der Waals surface area (Å²) in [6.07, 6.45) is 14.8. The molecule has 0 aromatic rings. The highest BCUT2D eigenvalue weighted by Gasteiger charge is 1.67. The van der Waals surface area contributed by atoms with Gasteiger partial charge in [-0.05, 0) is 13.3 Å². The molecule has 0 fully saturated rings. The zero-order chi connectivity index (χ0) is 7.66. The van der Waals surface area contributed by atoms with Crippen LogP contribution in [0, 0.1) is 0 Å². The molecule has 0 bridgehead atoms. The van der Waals surface area contributed by atoms with Crippen molar-refractivity contribution in [2.24, 2.45) is 0 Å². The SMILES string of the molecule is C\C=C/C=C\C=C\CCC. The third-order valence-electron chi connectivity index (χ3n) is 1.12. The maximum absolute atomic E-state index is 2.18. The lowest BCUT2D eigenvalue weighted by Crippen LogP contribution is -1.58. The van der Waals surface area contributed by atoms with Crippen molar-refractivity contribution in [1.82, 2.24) is 0 Å². The van der Waals surface area contributed by atoms with E-state index in [1.165, 1.54) is 12.8 Å². The normalized spacial score (nSPS) is 12.6. The van der Waals surface area contributed by atoms with Crippen LogP contribution < -0.4 is 0 Å². The number of hydrogen-bond acceptors (Lipinski definition) is 0. The minimum absolute atomic E-state index is 1.18. The summed E-state index contributed by atoms with van der Waals surface area (Å²) in [5.41, 5.74) is 0. The van der Waals surface area contributed by atoms with Crippen molar-refractivity contribution in [1.29, 1.82) is 0 Å². The minimum Gasteiger partial charge on any atom is -0.0877 e. The van der Waals surface area contributed by atoms with Crippen molar-refractivity contribution < 1.29 is 0 Å². The summed E-state index contributed by atoms with van der Waals surface area (Å²) in [4.78, 5) is 0. The van der Waals surface area contributed by atoms with E-state index in [4.69, 9.17) is 0 Å². The fourth-order valence-electron chi connectivity index (χ4n) is 0.581. The van der Waals surface area contributed by atoms with Crippen LogP contribution in [0.15, 0.2) is 36.5 Å². The first-order valence-electron chi connectivity index (χ1n) is 3.86. The molecule has 0 unspecified atom stereocenters. The molecule has 0 radical (unpaired) electrons. The highest BCUT2D eigenvalue weighted by atomic mass is 13.7. The summed E-state index contributed by atoms with van der Waals surface area (Å²) in [5, 5.41) is 0. The van der Waals surface area contributed by atoms with Gasteiger partial charge in [-0.15, -0.1) is 0 Å². The fourth-order valence-corrected chi connectivity index (χ4v) is 0.581. The van der Waals surface area contributed by atoms with E-state index < -0.39 is 0 Å². The van der Waals surface area contributed by atoms with Crippen LogP contribution in [0.4, 0.5) is 0 Å². The fraction of sp³-hybridized carbons (Fsp3) is 0.400. The monoisotopic (exact) mass is 136 g/mol. The van der Waals surface area contributed by atoms with Gasteiger partial charge in [-0.3, -0.25) is 0 Å². The van der Waals surface area contributed by atoms with Gasteiger partial charge in [0.2, 0.25) is 0 Å². The van der Waals surface area contributed by atoms with Crippen molar-refractivity contribution in [3.8, 4) is 0 Å². The Morgan fingerprint density at radius 2 is 1.70 bits per heavy atom. The lowest BCUT2D eigenvalue weighted by atomic mass is 10.3. The van der Waals surface area contributed by atoms with Crippen LogP contribution in [0.3, 0.4) is 0 Å². The summed E-state index contributed by atoms with van der Waals surface area (Å²) in [6, 6.07) is 0. The second-order valence-electron chi connectivity index (χ2n) is 2.13. The predicted molar refractivity (Wildman–Crippen MR) is 48.0 cm³/mol. The molecule has 0 saturated carbocycles. The number of allylic oxidation sites excluding steroid dienone is 6. The Labute approximate surface area is 64.0 Å². The van der Waals surface area contributed by atoms with E-state index in [9.17, 15) is 0 Å². The Morgan fingerprint density at radius 3 is 2.30 bits per heavy atom. The summed E-state index contributed by atoms with van der Waals surface area (Å²) in [5.74, 6) is 0. The molecule has 0 atom stereocenters. The molecule has 56 valence electrons. The Kier molecular flexibility index (Phi) is 7.58. The zero-order valence-electron chi connectivity index (χ0n) is 6.88. The first-order valence-corrected chi connectivity index (χ1v) is 3.86. The lowest BCUT2D eigenvalue weighted by molar-refractivity contribution is 0.959. The van der Waals surface area contributed by atoms with E-state index in [0.717, 1.165) is 0 Å². The number of rotatable bonds is 4. The van der Waals surface area contributed by atoms with E-state index in [2.05, 4.69) is 25.2 Å². The maximum Gasteiger partial charge on any atom is -0.0350 e. The minimum atomic E-state index is 1.18. The molecule has 0 amide bonds. The van der Waals surface area contributed by atoms with Crippen LogP contribution >= 0.6 is 0 Å². The van der Waals surface area contributed by atoms with Gasteiger partial charge in [0.1, 0.15) is 0 Å². The van der Waals surface area contributed by atoms with Crippen LogP contribution in [0.2, 0.25) is 0 Å². The van der Waals surface area contributed by atoms with Gasteiger partial charge in [-0.2, -0.15) is 0 Å². The molecule has 0 rings (SSSR count). The molecule has 0 spiro atoms. The third kappa shape index (κ3) is 7.22. The molecule has 0 aliphatic heterocycles. The van der Waals surface area contributed by atoms with Gasteiger partial charge in [0.05, 0.1) is 0 Å². The topological polar surface area (TPSA) is 0 Å². The second-order valence-corrected chi connectivity index (χ2v) is 2.13. The molecular weight excluding hydrogens is 120 g/mol. The molecule has 0 heteroatoms. The van der Waals surface area contributed by atoms with Gasteiger partial charge in [0.15, 0.2) is 0 Å². The summed E-state index contributed by atoms with van der Waals surface area (Å²) < 4.78 is 0. The van der Waals surface area contributed by atoms with Crippen LogP contribution in [0.5, 0.6) is 0 Å². The highest BCUT2D eigenvalue weighted by molar-refractivity contribution is 5.10. The van der Waals surface area contributed by atoms with Crippen LogP contribution in [0.25, 0.3) is 0 Å². The predicted octanol–water partition coefficient (Wildman–Crippen LogP) is 3.48. The van der Waals surface area contributed by atoms with Gasteiger partial charge in [0, 0.05) is 0 Å². The van der Waals surface area contributed by atoms with Crippen LogP contribution in [-0.4, -0.2) is 0 Å². The summed E-state index contributed by atoms with van der Waals surface area (Å²) in [6.45, 7) is 4.19. The van der Waals surface area contributed by atoms with E-state index >= 15 is 0 Å². The van der Waals surface area contributed by atoms with Crippen molar-refractivity contribution in [2.75, 3.05) is 0 Å². The van der Waals surface area contributed by atoms with Gasteiger partial charge < -0.3 is 0 Å². The quantitative estimate of drug-likeness (QED) is 0.519. The standard InChI is InChI=1S/C10H16/c1-3-5-7-9-10-8-6-4-2/h3,5,7-10H,4,6H2,1-2H3/b5-3-,9-7-,10-8+. The van der Waals surface area contributed by atoms with Gasteiger partial charge in [-0.25, -0.2) is 0 Å². The zero-order valence-corrected chi connectivity index (χ0v) is 6.88. The first kappa shape index (κ1) is 9.22. The van der Waals surface area contributed by atoms with Crippen molar-refractivity contribution in [3.05, 3.63) is 36.5 Å². The smallest absolute Gasteiger partial charge is 0.0350 e. The van der Waals surface area contributed by atoms with E-state index in [1.807, 2.05) is 25.2 Å². The molecule has 0 heterocycles. The third-order valence-corrected chi connectivity index (χ3v) is 1.12. The average Bonchev–Trinajstić information content (AvgIpc) is 1.97. The Hall–Kier alpha value is -0.780. The van der Waals surface area contributed by atoms with Crippen molar-refractivity contribution in [2.45, 2.75) is 26.7 Å². The molecule has 10 heavy (non-hydrogen) atoms. The van der Waals surface area contributed by atoms with Crippen molar-refractivity contribution >= 4 is 0 Å². The Morgan fingerprint density at radius 1 is 1.00 bits per heavy atom. The lowest BCUT2D eigenvalue weighted by Gasteiger charge is -1.78. The molecule has 0 aromatic heterocycles. The van der Waals surface area contributed by atoms with Crippen LogP contribution in [-0.2, 0) is 0 Å². The van der Waals surface area contributed by atoms with E-state index in [1.54, 1.807) is 0 Å². The molecule has 0 saturated heterocycles. The molecule has 0 N–H and O–H groups in total. The van der Waals surface area contributed by atoms with Crippen molar-refractivity contribution in [3.63, 3.8) is 0 Å². The summed E-state index contributed by atoms with van der Waals surface area (Å²) >= 11 is 0. The summed E-state index contributed by atoms with van der Waals surface area (Å²) in [7, 11) is 0. The van der Waals surface area contributed by atoms with E-state index in [0.29, 0.717) is 0 Å². The second kappa shape index (κ2) is 8.22. The number of hydrogen-bond donors (Lipinski definition) is 0. The largest absolute Gasteiger partial charge is 0.0877 e. The average molecular weight is 136 g/mol. The maximum atomic E-state index is 2.18. The molecule has 0 aliphatic carbocycles. The number of unbranched alkanes of at least 4 members (excludes halogenated alkanes) is 1. The Bertz CT molecular complexity index is 127. The van der Waals surface area contributed by atoms with Crippen LogP contribution in [0.1, 0.15) is 26.7 Å². The van der Waals surface area contributed by atoms with Gasteiger partial charge in [-0.1, -0.05) is 49.8 Å². The molecular formula is C10H16. The highest BCUT2D eigenvalue weighted by Crippen LogP contribution is 1.88. The molecule has 0 aliphatic rings. The molecule has 0 aromatic carbocycles. The van der Waals surface area contributed by atoms with E-state index in [-0.39, 0.29) is 0 Å². The van der Waals surface area contributed by atoms with Gasteiger partial charge >= 0.3 is 0 Å².